The SMILES string of the molecule is CCC(=O)Nc1cncc(-c2ccc3[nH]nc(-c4nc5c(-c6ccc(F)cc6)cncc5[nH]4)c3c2)c1.CCC(C)C(=O)Nc1cncc(-c2ccc3[nH]nc(-c4nc5c(-c6ccccc6F)cncc5[nH]4)c3c2)c1.CCCCC(=O)Nc1cncc(-c2ccc3[nH]nc(-c4nc5c(-c6ccccc6F)cncc5[nH]4)c3c2)c1.O=C(CC1CC1)Nc1cncc(-c2ccc3[nH]nc(-c4nc5c(-c6ccccc6F)cncc5[nH]4)c3c2)c1. The molecular weight excluding hydrogens is 1900 g/mol. The fourth-order valence-electron chi connectivity index (χ4n) is 17.9. The number of halogens is 4. The van der Waals surface area contributed by atoms with Crippen LogP contribution in [0.4, 0.5) is 40.3 Å². The van der Waals surface area contributed by atoms with Crippen LogP contribution in [0.2, 0.25) is 0 Å². The summed E-state index contributed by atoms with van der Waals surface area (Å²) < 4.78 is 57.1. The normalized spacial score (nSPS) is 12.0. The summed E-state index contributed by atoms with van der Waals surface area (Å²) in [6.07, 6.45) is 33.2. The van der Waals surface area contributed by atoms with E-state index in [9.17, 15) is 36.7 Å². The Morgan fingerprint density at radius 3 is 0.967 bits per heavy atom. The minimum absolute atomic E-state index is 0.0208. The van der Waals surface area contributed by atoms with Crippen LogP contribution in [-0.2, 0) is 19.2 Å². The highest BCUT2D eigenvalue weighted by molar-refractivity contribution is 6.05. The van der Waals surface area contributed by atoms with E-state index < -0.39 is 0 Å². The molecule has 16 aromatic heterocycles. The molecule has 0 radical (unpaired) electrons. The Bertz CT molecular complexity index is 9280. The number of rotatable bonds is 24. The van der Waals surface area contributed by atoms with E-state index in [2.05, 4.69) is 129 Å². The van der Waals surface area contributed by atoms with Gasteiger partial charge in [0.2, 0.25) is 23.6 Å². The van der Waals surface area contributed by atoms with Crippen molar-refractivity contribution in [3.8, 4) is 135 Å². The number of imidazole rings is 4. The predicted octanol–water partition coefficient (Wildman–Crippen LogP) is 24.7. The summed E-state index contributed by atoms with van der Waals surface area (Å²) >= 11 is 0. The summed E-state index contributed by atoms with van der Waals surface area (Å²) in [7, 11) is 0. The number of aromatic amines is 8. The molecule has 0 aliphatic heterocycles. The van der Waals surface area contributed by atoms with Gasteiger partial charge in [-0.3, -0.25) is 79.4 Å². The molecule has 12 N–H and O–H groups in total. The van der Waals surface area contributed by atoms with Gasteiger partial charge in [-0.1, -0.05) is 125 Å². The number of hydrogen-bond donors (Lipinski definition) is 12. The maximum Gasteiger partial charge on any atom is 0.227 e. The topological polar surface area (TPSA) is 449 Å². The van der Waals surface area contributed by atoms with Crippen molar-refractivity contribution in [1.29, 1.82) is 0 Å². The van der Waals surface area contributed by atoms with Crippen LogP contribution in [0, 0.1) is 35.1 Å². The highest BCUT2D eigenvalue weighted by Crippen LogP contribution is 2.42. The van der Waals surface area contributed by atoms with Crippen LogP contribution < -0.4 is 21.3 Å². The summed E-state index contributed by atoms with van der Waals surface area (Å²) in [5.74, 6) is 1.26. The van der Waals surface area contributed by atoms with Crippen LogP contribution in [0.15, 0.2) is 293 Å². The number of pyridine rings is 8. The van der Waals surface area contributed by atoms with Gasteiger partial charge in [0.05, 0.1) is 122 Å². The van der Waals surface area contributed by atoms with Gasteiger partial charge < -0.3 is 41.2 Å². The molecule has 36 heteroatoms. The molecule has 24 aromatic rings. The van der Waals surface area contributed by atoms with E-state index in [0.717, 1.165) is 142 Å². The number of hydrogen-bond acceptors (Lipinski definition) is 20. The van der Waals surface area contributed by atoms with Gasteiger partial charge in [-0.05, 0) is 163 Å². The molecule has 1 fully saturated rings. The molecule has 4 amide bonds. The van der Waals surface area contributed by atoms with E-state index in [4.69, 9.17) is 19.9 Å². The first-order valence-electron chi connectivity index (χ1n) is 48.6. The predicted molar refractivity (Wildman–Crippen MR) is 572 cm³/mol. The molecule has 150 heavy (non-hydrogen) atoms. The lowest BCUT2D eigenvalue weighted by molar-refractivity contribution is -0.119. The first-order valence-corrected chi connectivity index (χ1v) is 48.6. The van der Waals surface area contributed by atoms with Gasteiger partial charge >= 0.3 is 0 Å². The fourth-order valence-corrected chi connectivity index (χ4v) is 17.9. The van der Waals surface area contributed by atoms with Gasteiger partial charge in [0.15, 0.2) is 23.3 Å². The number of nitrogens with one attached hydrogen (secondary N) is 12. The third kappa shape index (κ3) is 20.0. The van der Waals surface area contributed by atoms with Gasteiger partial charge in [0.25, 0.3) is 0 Å². The smallest absolute Gasteiger partial charge is 0.227 e. The molecule has 738 valence electrons. The summed E-state index contributed by atoms with van der Waals surface area (Å²) in [6, 6.07) is 57.4. The first-order chi connectivity index (χ1) is 73.3. The zero-order chi connectivity index (χ0) is 103. The average molecular weight is 1990 g/mol. The molecule has 0 bridgehead atoms. The van der Waals surface area contributed by atoms with Crippen molar-refractivity contribution < 1.29 is 36.7 Å². The van der Waals surface area contributed by atoms with Crippen LogP contribution in [0.1, 0.15) is 79.1 Å². The summed E-state index contributed by atoms with van der Waals surface area (Å²) in [4.78, 5) is 115. The maximum atomic E-state index is 14.5. The second kappa shape index (κ2) is 41.6. The number of nitrogens with zero attached hydrogens (tertiary/aromatic N) is 16. The summed E-state index contributed by atoms with van der Waals surface area (Å²) in [5, 5.41) is 45.5. The van der Waals surface area contributed by atoms with E-state index in [0.29, 0.717) is 160 Å². The number of unbranched alkanes of at least 4 members (excludes halogenated alkanes) is 1. The van der Waals surface area contributed by atoms with E-state index >= 15 is 0 Å². The van der Waals surface area contributed by atoms with E-state index in [1.165, 1.54) is 30.3 Å². The summed E-state index contributed by atoms with van der Waals surface area (Å²) in [5.41, 5.74) is 25.8. The largest absolute Gasteiger partial charge is 0.335 e. The Morgan fingerprint density at radius 1 is 0.320 bits per heavy atom. The van der Waals surface area contributed by atoms with Gasteiger partial charge in [0, 0.05) is 157 Å². The molecule has 1 aliphatic carbocycles. The second-order valence-electron chi connectivity index (χ2n) is 36.3. The number of amides is 4. The lowest BCUT2D eigenvalue weighted by atomic mass is 10.0. The molecule has 16 heterocycles. The number of aromatic nitrogens is 24. The highest BCUT2D eigenvalue weighted by atomic mass is 19.1. The molecule has 25 rings (SSSR count). The molecule has 1 aliphatic rings. The van der Waals surface area contributed by atoms with Crippen molar-refractivity contribution in [2.45, 2.75) is 79.1 Å². The van der Waals surface area contributed by atoms with Crippen LogP contribution in [0.5, 0.6) is 0 Å². The van der Waals surface area contributed by atoms with Crippen molar-refractivity contribution >= 4 is 134 Å². The van der Waals surface area contributed by atoms with E-state index in [1.807, 2.05) is 111 Å². The number of H-pyrrole nitrogens is 8. The summed E-state index contributed by atoms with van der Waals surface area (Å²) in [6.45, 7) is 7.74. The third-order valence-corrected chi connectivity index (χ3v) is 26.1. The Morgan fingerprint density at radius 2 is 0.633 bits per heavy atom. The molecule has 0 saturated heterocycles. The Labute approximate surface area is 850 Å². The zero-order valence-electron chi connectivity index (χ0n) is 80.8. The molecule has 8 aromatic carbocycles. The van der Waals surface area contributed by atoms with Crippen LogP contribution >= 0.6 is 0 Å². The maximum absolute atomic E-state index is 14.5. The van der Waals surface area contributed by atoms with Crippen molar-refractivity contribution in [2.75, 3.05) is 21.3 Å². The van der Waals surface area contributed by atoms with Crippen molar-refractivity contribution in [1.82, 2.24) is 121 Å². The van der Waals surface area contributed by atoms with E-state index in [1.54, 1.807) is 173 Å². The van der Waals surface area contributed by atoms with Crippen LogP contribution in [0.25, 0.3) is 223 Å². The highest BCUT2D eigenvalue weighted by Gasteiger charge is 2.28. The fraction of sp³-hybridized carbons (Fsp3) is 0.123. The first kappa shape index (κ1) is 95.2. The molecule has 32 nitrogen and oxygen atoms in total. The molecule has 0 spiro atoms. The van der Waals surface area contributed by atoms with E-state index in [-0.39, 0.29) is 52.8 Å². The minimum Gasteiger partial charge on any atom is -0.335 e. The van der Waals surface area contributed by atoms with Gasteiger partial charge in [-0.25, -0.2) is 37.5 Å². The number of fused-ring (bicyclic) bond motifs is 8. The monoisotopic (exact) mass is 1990 g/mol. The lowest BCUT2D eigenvalue weighted by Gasteiger charge is -2.11. The number of benzene rings is 8. The average Bonchev–Trinajstić information content (AvgIpc) is 1.63. The zero-order valence-corrected chi connectivity index (χ0v) is 80.8. The molecule has 1 atom stereocenters. The molecular formula is C114H90F4N28O4. The van der Waals surface area contributed by atoms with Gasteiger partial charge in [0.1, 0.15) is 62.6 Å². The quantitative estimate of drug-likeness (QED) is 0.0250. The van der Waals surface area contributed by atoms with Gasteiger partial charge in [-0.15, -0.1) is 0 Å². The number of anilines is 4. The lowest BCUT2D eigenvalue weighted by Crippen LogP contribution is -2.19. The van der Waals surface area contributed by atoms with Crippen molar-refractivity contribution in [3.05, 3.63) is 317 Å². The molecule has 1 unspecified atom stereocenters. The van der Waals surface area contributed by atoms with Crippen LogP contribution in [0.3, 0.4) is 0 Å². The van der Waals surface area contributed by atoms with Crippen LogP contribution in [-0.4, -0.2) is 144 Å². The standard InChI is InChI=1S/C29H22FN7O.2C29H24FN7O.C27H20FN7O/c30-23-4-2-1-3-20(23)22-14-32-15-25-27(22)35-29(34-25)28-21-11-17(7-8-24(21)36-37-28)18-10-19(13-31-12-18)33-26(38)9-16-5-6-16;1-3-16(2)29(38)33-19-10-18(12-31-13-19)17-8-9-24-21(11-17)27(37-36-24)28-34-25-15-32-14-22(26(25)35-28)20-6-4-5-7-23(20)30;1-2-3-8-26(38)33-19-11-18(13-31-14-19)17-9-10-24-21(12-17)28(37-36-24)29-34-25-16-32-15-22(27(25)35-29)20-6-4-5-7-23(20)30;1-2-24(36)31-19-9-17(11-29-12-19)16-5-8-22-20(10-16)26(35-34-22)27-32-23-14-30-13-21(25(23)33-27)15-3-6-18(28)7-4-15/h1-4,7-8,10-16H,5-6,9H2,(H,33,38)(H,34,35)(H,36,37);4-16H,3H2,1-2H3,(H,33,38)(H,34,35)(H,36,37);4-7,9-16H,2-3,8H2,1H3,(H,33,38)(H,34,35)(H,36,37);3-14H,2H2,1H3,(H,31,36)(H,32,33)(H,34,35). The molecule has 1 saturated carbocycles. The Hall–Kier alpha value is -19.7. The van der Waals surface area contributed by atoms with Gasteiger partial charge in [-0.2, -0.15) is 20.4 Å². The number of carbonyl (C=O) groups is 4. The Kier molecular flexibility index (Phi) is 26.4. The Balaban J connectivity index is 0.000000113. The second-order valence-corrected chi connectivity index (χ2v) is 36.3. The van der Waals surface area contributed by atoms with Crippen molar-refractivity contribution in [2.24, 2.45) is 11.8 Å². The minimum atomic E-state index is -0.336. The van der Waals surface area contributed by atoms with Crippen molar-refractivity contribution in [3.63, 3.8) is 0 Å². The number of carbonyl (C=O) groups excluding carboxylic acids is 4. The third-order valence-electron chi connectivity index (χ3n) is 26.1.